The largest absolute Gasteiger partial charge is 0.477 e. The molecule has 0 spiro atoms. The van der Waals surface area contributed by atoms with Gasteiger partial charge in [0.05, 0.1) is 20.6 Å². The maximum Gasteiger partial charge on any atom is 0.255 e. The van der Waals surface area contributed by atoms with Gasteiger partial charge in [0, 0.05) is 23.6 Å². The van der Waals surface area contributed by atoms with E-state index in [1.54, 1.807) is 24.3 Å². The van der Waals surface area contributed by atoms with Gasteiger partial charge in [0.2, 0.25) is 0 Å². The van der Waals surface area contributed by atoms with Crippen molar-refractivity contribution in [2.45, 2.75) is 4.90 Å². The molecule has 0 saturated heterocycles. The molecule has 0 aliphatic carbocycles. The molecule has 2 aromatic carbocycles. The number of nitriles is 1. The summed E-state index contributed by atoms with van der Waals surface area (Å²) in [5.41, 5.74) is 0.157. The topological polar surface area (TPSA) is 110 Å². The number of halogens is 2. The smallest absolute Gasteiger partial charge is 0.255 e. The summed E-state index contributed by atoms with van der Waals surface area (Å²) in [4.78, 5) is 13.1. The van der Waals surface area contributed by atoms with E-state index >= 15 is 0 Å². The van der Waals surface area contributed by atoms with Crippen LogP contribution in [0.15, 0.2) is 73.5 Å². The second kappa shape index (κ2) is 8.71. The van der Waals surface area contributed by atoms with E-state index in [4.69, 9.17) is 14.5 Å². The van der Waals surface area contributed by atoms with Crippen molar-refractivity contribution in [3.8, 4) is 17.5 Å². The molecule has 0 amide bonds. The maximum atomic E-state index is 14.3. The molecule has 0 aliphatic rings. The van der Waals surface area contributed by atoms with Crippen LogP contribution in [0.4, 0.5) is 10.2 Å². The fourth-order valence-corrected chi connectivity index (χ4v) is 4.09. The number of pyridine rings is 1. The van der Waals surface area contributed by atoms with Crippen LogP contribution in [-0.2, 0) is 11.0 Å². The number of ether oxygens (including phenoxy) is 1. The second-order valence-corrected chi connectivity index (χ2v) is 8.23. The molecule has 0 bridgehead atoms. The molecule has 2 aromatic heterocycles. The fourth-order valence-electron chi connectivity index (χ4n) is 2.93. The van der Waals surface area contributed by atoms with Crippen LogP contribution >= 0.6 is 15.9 Å². The van der Waals surface area contributed by atoms with Crippen molar-refractivity contribution in [1.82, 2.24) is 9.72 Å². The van der Waals surface area contributed by atoms with E-state index in [0.717, 1.165) is 6.07 Å². The first-order chi connectivity index (χ1) is 15.0. The molecule has 4 rings (SSSR count). The van der Waals surface area contributed by atoms with Gasteiger partial charge in [0.25, 0.3) is 5.56 Å². The lowest BCUT2D eigenvalue weighted by molar-refractivity contribution is 0.365. The molecule has 1 atom stereocenters. The number of nitrogens with one attached hydrogen (secondary N) is 1. The van der Waals surface area contributed by atoms with Gasteiger partial charge in [-0.05, 0) is 46.3 Å². The minimum absolute atomic E-state index is 0.133. The quantitative estimate of drug-likeness (QED) is 0.427. The molecule has 31 heavy (non-hydrogen) atoms. The predicted octanol–water partition coefficient (Wildman–Crippen LogP) is 3.92. The van der Waals surface area contributed by atoms with Gasteiger partial charge in [-0.1, -0.05) is 5.16 Å². The summed E-state index contributed by atoms with van der Waals surface area (Å²) in [5.74, 6) is -0.129. The van der Waals surface area contributed by atoms with E-state index in [2.05, 4.69) is 25.8 Å². The highest BCUT2D eigenvalue weighted by molar-refractivity contribution is 9.10. The van der Waals surface area contributed by atoms with E-state index in [1.165, 1.54) is 29.0 Å². The molecule has 0 fully saturated rings. The first-order valence-electron chi connectivity index (χ1n) is 8.72. The normalized spacial score (nSPS) is 11.8. The average Bonchev–Trinajstić information content (AvgIpc) is 3.27. The van der Waals surface area contributed by atoms with Crippen LogP contribution in [0.2, 0.25) is 0 Å². The number of nitrogens with zero attached hydrogens (tertiary/aromatic N) is 3. The van der Waals surface area contributed by atoms with Crippen molar-refractivity contribution < 1.29 is 17.9 Å². The zero-order chi connectivity index (χ0) is 22.0. The second-order valence-electron chi connectivity index (χ2n) is 6.16. The third-order valence-electron chi connectivity index (χ3n) is 4.25. The van der Waals surface area contributed by atoms with Crippen molar-refractivity contribution in [3.05, 3.63) is 75.4 Å². The highest BCUT2D eigenvalue weighted by Gasteiger charge is 2.16. The Morgan fingerprint density at radius 3 is 2.84 bits per heavy atom. The first-order valence-corrected chi connectivity index (χ1v) is 10.7. The summed E-state index contributed by atoms with van der Waals surface area (Å²) in [7, 11) is -1.63. The van der Waals surface area contributed by atoms with Crippen molar-refractivity contribution in [3.63, 3.8) is 0 Å². The third-order valence-corrected chi connectivity index (χ3v) is 5.93. The summed E-state index contributed by atoms with van der Waals surface area (Å²) in [6.45, 7) is -0.276. The molecule has 4 aromatic rings. The van der Waals surface area contributed by atoms with Crippen LogP contribution < -0.4 is 15.0 Å². The molecule has 2 heterocycles. The Bertz CT molecular complexity index is 1400. The third kappa shape index (κ3) is 4.21. The number of hydrogen-bond donors (Lipinski definition) is 1. The van der Waals surface area contributed by atoms with Crippen LogP contribution in [0.5, 0.6) is 5.75 Å². The molecule has 8 nitrogen and oxygen atoms in total. The van der Waals surface area contributed by atoms with Crippen LogP contribution in [-0.4, -0.2) is 20.5 Å². The Labute approximate surface area is 185 Å². The summed E-state index contributed by atoms with van der Waals surface area (Å²) in [6.07, 6.45) is 1.35. The highest BCUT2D eigenvalue weighted by atomic mass is 79.9. The van der Waals surface area contributed by atoms with Gasteiger partial charge in [-0.2, -0.15) is 5.26 Å². The zero-order valence-corrected chi connectivity index (χ0v) is 17.9. The summed E-state index contributed by atoms with van der Waals surface area (Å²) in [5, 5.41) is 13.1. The highest BCUT2D eigenvalue weighted by Crippen LogP contribution is 2.31. The van der Waals surface area contributed by atoms with Crippen molar-refractivity contribution >= 4 is 43.6 Å². The van der Waals surface area contributed by atoms with E-state index in [9.17, 15) is 13.4 Å². The van der Waals surface area contributed by atoms with Crippen LogP contribution in [0.3, 0.4) is 0 Å². The molecule has 156 valence electrons. The van der Waals surface area contributed by atoms with E-state index < -0.39 is 22.4 Å². The number of aromatic nitrogens is 2. The van der Waals surface area contributed by atoms with Crippen LogP contribution in [0, 0.1) is 17.1 Å². The summed E-state index contributed by atoms with van der Waals surface area (Å²) >= 11 is 3.08. The minimum Gasteiger partial charge on any atom is -0.477 e. The molecular weight excluding hydrogens is 491 g/mol. The average molecular weight is 503 g/mol. The Morgan fingerprint density at radius 1 is 1.26 bits per heavy atom. The Hall–Kier alpha value is -3.49. The molecule has 1 unspecified atom stereocenters. The van der Waals surface area contributed by atoms with Crippen molar-refractivity contribution in [2.75, 3.05) is 11.3 Å². The number of fused-ring (bicyclic) bond motifs is 1. The first kappa shape index (κ1) is 20.8. The number of benzene rings is 2. The molecule has 0 saturated carbocycles. The molecular formula is C20H12BrFN4O4S. The predicted molar refractivity (Wildman–Crippen MR) is 115 cm³/mol. The minimum atomic E-state index is -1.63. The van der Waals surface area contributed by atoms with E-state index in [0.29, 0.717) is 21.6 Å². The lowest BCUT2D eigenvalue weighted by Gasteiger charge is -2.15. The molecule has 0 aliphatic heterocycles. The number of rotatable bonds is 6. The van der Waals surface area contributed by atoms with Crippen molar-refractivity contribution in [1.29, 1.82) is 5.26 Å². The maximum absolute atomic E-state index is 14.3. The van der Waals surface area contributed by atoms with Gasteiger partial charge in [0.1, 0.15) is 23.9 Å². The molecule has 1 N–H and O–H groups in total. The van der Waals surface area contributed by atoms with Gasteiger partial charge >= 0.3 is 0 Å². The Morgan fingerprint density at radius 2 is 2.10 bits per heavy atom. The van der Waals surface area contributed by atoms with Gasteiger partial charge in [-0.15, -0.1) is 0 Å². The summed E-state index contributed by atoms with van der Waals surface area (Å²) < 4.78 is 41.1. The van der Waals surface area contributed by atoms with Gasteiger partial charge < -0.3 is 9.26 Å². The van der Waals surface area contributed by atoms with E-state index in [1.807, 2.05) is 6.07 Å². The van der Waals surface area contributed by atoms with Gasteiger partial charge in [0.15, 0.2) is 23.4 Å². The zero-order valence-electron chi connectivity index (χ0n) is 15.5. The molecule has 11 heteroatoms. The number of hydrogen-bond acceptors (Lipinski definition) is 6. The van der Waals surface area contributed by atoms with E-state index in [-0.39, 0.29) is 22.5 Å². The fraction of sp³-hybridized carbons (Fsp3) is 0.0500. The SMILES string of the molecule is N#CCOc1cc(Br)c(F)cc1-n1c(=O)ccc2cc(S(=O)Nc3ccon3)ccc21. The van der Waals surface area contributed by atoms with Crippen LogP contribution in [0.25, 0.3) is 16.6 Å². The van der Waals surface area contributed by atoms with Crippen molar-refractivity contribution in [2.24, 2.45) is 0 Å². The standard InChI is InChI=1S/C20H12BrFN4O4S/c21-14-10-18(29-8-6-23)17(11-15(14)22)26-16-3-2-13(9-12(16)1-4-20(26)27)31(28)25-19-5-7-30-24-19/h1-5,7,9-11H,8H2,(H,24,25). The van der Waals surface area contributed by atoms with Crippen LogP contribution in [0.1, 0.15) is 0 Å². The molecule has 0 radical (unpaired) electrons. The summed E-state index contributed by atoms with van der Waals surface area (Å²) in [6, 6.07) is 13.6. The Kier molecular flexibility index (Phi) is 5.83. The number of anilines is 1. The lowest BCUT2D eigenvalue weighted by atomic mass is 10.2. The van der Waals surface area contributed by atoms with Gasteiger partial charge in [-0.25, -0.2) is 8.60 Å². The monoisotopic (exact) mass is 502 g/mol. The lowest BCUT2D eigenvalue weighted by Crippen LogP contribution is -2.19. The van der Waals surface area contributed by atoms with Gasteiger partial charge in [-0.3, -0.25) is 14.1 Å². The Balaban J connectivity index is 1.83.